The van der Waals surface area contributed by atoms with E-state index in [0.717, 1.165) is 11.1 Å². The molecule has 2 rings (SSSR count). The maximum Gasteiger partial charge on any atom is 0.309 e. The van der Waals surface area contributed by atoms with Gasteiger partial charge in [0.1, 0.15) is 0 Å². The van der Waals surface area contributed by atoms with E-state index in [4.69, 9.17) is 10.5 Å². The van der Waals surface area contributed by atoms with Gasteiger partial charge < -0.3 is 15.4 Å². The smallest absolute Gasteiger partial charge is 0.309 e. The molecule has 3 atom stereocenters. The number of hydrogen-bond acceptors (Lipinski definition) is 4. The summed E-state index contributed by atoms with van der Waals surface area (Å²) in [5.41, 5.74) is 7.80. The Labute approximate surface area is 148 Å². The molecule has 6 heteroatoms. The molecule has 5 nitrogen and oxygen atoms in total. The monoisotopic (exact) mass is 361 g/mol. The lowest BCUT2D eigenvalue weighted by atomic mass is 10.0. The van der Waals surface area contributed by atoms with Crippen molar-refractivity contribution < 1.29 is 19.0 Å². The van der Waals surface area contributed by atoms with Crippen LogP contribution in [-0.2, 0) is 26.9 Å². The highest BCUT2D eigenvalue weighted by Gasteiger charge is 2.34. The van der Waals surface area contributed by atoms with Crippen LogP contribution in [0.3, 0.4) is 0 Å². The maximum absolute atomic E-state index is 12.8. The Morgan fingerprint density at radius 2 is 1.52 bits per heavy atom. The minimum atomic E-state index is -3.73. The Morgan fingerprint density at radius 1 is 1.04 bits per heavy atom. The largest absolute Gasteiger partial charge is 0.469 e. The molecule has 0 aromatic heterocycles. The van der Waals surface area contributed by atoms with Crippen molar-refractivity contribution in [2.75, 3.05) is 13.3 Å². The number of hydrogen-bond donors (Lipinski definition) is 2. The third-order valence-corrected chi connectivity index (χ3v) is 6.33. The normalized spacial score (nSPS) is 15.8. The van der Waals surface area contributed by atoms with Gasteiger partial charge in [-0.3, -0.25) is 9.36 Å². The Hall–Kier alpha value is -1.94. The van der Waals surface area contributed by atoms with E-state index in [-0.39, 0.29) is 12.6 Å². The number of carbonyl (C=O) groups excluding carboxylic acids is 1. The Morgan fingerprint density at radius 3 is 2.00 bits per heavy atom. The van der Waals surface area contributed by atoms with Crippen LogP contribution < -0.4 is 5.73 Å². The van der Waals surface area contributed by atoms with Crippen molar-refractivity contribution in [1.29, 1.82) is 0 Å². The molecule has 0 saturated carbocycles. The van der Waals surface area contributed by atoms with Crippen LogP contribution in [0.25, 0.3) is 0 Å². The van der Waals surface area contributed by atoms with Crippen molar-refractivity contribution in [3.63, 3.8) is 0 Å². The zero-order valence-electron chi connectivity index (χ0n) is 14.2. The highest BCUT2D eigenvalue weighted by Crippen LogP contribution is 2.47. The number of esters is 1. The zero-order valence-corrected chi connectivity index (χ0v) is 15.1. The second-order valence-electron chi connectivity index (χ2n) is 6.11. The molecule has 3 unspecified atom stereocenters. The van der Waals surface area contributed by atoms with E-state index < -0.39 is 25.0 Å². The fraction of sp³-hybridized carbons (Fsp3) is 0.316. The first-order valence-electron chi connectivity index (χ1n) is 8.15. The average Bonchev–Trinajstić information content (AvgIpc) is 2.62. The van der Waals surface area contributed by atoms with Gasteiger partial charge in [-0.1, -0.05) is 60.7 Å². The number of ether oxygens (including phenoxy) is 1. The van der Waals surface area contributed by atoms with Crippen molar-refractivity contribution in [3.05, 3.63) is 71.8 Å². The van der Waals surface area contributed by atoms with Crippen molar-refractivity contribution >= 4 is 13.3 Å². The van der Waals surface area contributed by atoms with E-state index in [1.807, 2.05) is 60.7 Å². The predicted octanol–water partition coefficient (Wildman–Crippen LogP) is 2.82. The highest BCUT2D eigenvalue weighted by atomic mass is 31.2. The van der Waals surface area contributed by atoms with Gasteiger partial charge in [0.25, 0.3) is 0 Å². The van der Waals surface area contributed by atoms with Gasteiger partial charge in [-0.05, 0) is 24.0 Å². The molecule has 25 heavy (non-hydrogen) atoms. The molecule has 0 spiro atoms. The van der Waals surface area contributed by atoms with E-state index in [2.05, 4.69) is 0 Å². The second-order valence-corrected chi connectivity index (χ2v) is 8.64. The van der Waals surface area contributed by atoms with Crippen LogP contribution in [0.1, 0.15) is 11.1 Å². The van der Waals surface area contributed by atoms with Gasteiger partial charge in [-0.25, -0.2) is 0 Å². The molecule has 0 aliphatic rings. The van der Waals surface area contributed by atoms with E-state index in [9.17, 15) is 14.3 Å². The van der Waals surface area contributed by atoms with Crippen LogP contribution in [-0.4, -0.2) is 29.9 Å². The third kappa shape index (κ3) is 5.82. The zero-order chi connectivity index (χ0) is 18.3. The third-order valence-electron chi connectivity index (χ3n) is 4.15. The molecule has 2 aromatic carbocycles. The van der Waals surface area contributed by atoms with Crippen LogP contribution in [0.15, 0.2) is 60.7 Å². The Kier molecular flexibility index (Phi) is 6.94. The molecular weight excluding hydrogens is 337 g/mol. The van der Waals surface area contributed by atoms with Crippen LogP contribution in [0.2, 0.25) is 0 Å². The summed E-state index contributed by atoms with van der Waals surface area (Å²) in [4.78, 5) is 22.5. The predicted molar refractivity (Wildman–Crippen MR) is 98.5 cm³/mol. The molecule has 0 amide bonds. The van der Waals surface area contributed by atoms with Crippen LogP contribution in [0, 0.1) is 5.92 Å². The SMILES string of the molecule is COC(=O)C(Cc1ccccc1)CP(=O)(O)C(N)Cc1ccccc1. The summed E-state index contributed by atoms with van der Waals surface area (Å²) in [6.45, 7) is 0. The lowest BCUT2D eigenvalue weighted by Crippen LogP contribution is -2.30. The van der Waals surface area contributed by atoms with E-state index in [1.54, 1.807) is 0 Å². The van der Waals surface area contributed by atoms with Gasteiger partial charge in [0.2, 0.25) is 7.37 Å². The number of benzene rings is 2. The van der Waals surface area contributed by atoms with Crippen molar-refractivity contribution in [2.45, 2.75) is 18.6 Å². The molecule has 0 bridgehead atoms. The first-order valence-corrected chi connectivity index (χ1v) is 10.1. The van der Waals surface area contributed by atoms with E-state index >= 15 is 0 Å². The second kappa shape index (κ2) is 8.95. The van der Waals surface area contributed by atoms with Gasteiger partial charge >= 0.3 is 5.97 Å². The summed E-state index contributed by atoms with van der Waals surface area (Å²) in [5.74, 6) is -2.12. The van der Waals surface area contributed by atoms with Gasteiger partial charge in [-0.2, -0.15) is 0 Å². The standard InChI is InChI=1S/C19H24NO4P/c1-24-19(21)17(12-15-8-4-2-5-9-15)14-25(22,23)18(20)13-16-10-6-3-7-11-16/h2-11,17-18H,12-14,20H2,1H3,(H,22,23). The summed E-state index contributed by atoms with van der Waals surface area (Å²) in [7, 11) is -2.45. The lowest BCUT2D eigenvalue weighted by molar-refractivity contribution is -0.144. The number of carbonyl (C=O) groups is 1. The fourth-order valence-electron chi connectivity index (χ4n) is 2.74. The first-order chi connectivity index (χ1) is 11.9. The van der Waals surface area contributed by atoms with Gasteiger partial charge in [-0.15, -0.1) is 0 Å². The van der Waals surface area contributed by atoms with Crippen molar-refractivity contribution in [1.82, 2.24) is 0 Å². The Balaban J connectivity index is 2.09. The molecular formula is C19H24NO4P. The highest BCUT2D eigenvalue weighted by molar-refractivity contribution is 7.58. The van der Waals surface area contributed by atoms with Crippen LogP contribution >= 0.6 is 7.37 Å². The number of nitrogens with two attached hydrogens (primary N) is 1. The molecule has 3 N–H and O–H groups in total. The molecule has 0 heterocycles. The van der Waals surface area contributed by atoms with Crippen molar-refractivity contribution in [3.8, 4) is 0 Å². The summed E-state index contributed by atoms with van der Waals surface area (Å²) >= 11 is 0. The maximum atomic E-state index is 12.8. The van der Waals surface area contributed by atoms with E-state index in [0.29, 0.717) is 6.42 Å². The van der Waals surface area contributed by atoms with Gasteiger partial charge in [0.05, 0.1) is 18.8 Å². The van der Waals surface area contributed by atoms with Gasteiger partial charge in [0, 0.05) is 6.16 Å². The van der Waals surface area contributed by atoms with Gasteiger partial charge in [0.15, 0.2) is 0 Å². The molecule has 0 aliphatic carbocycles. The minimum absolute atomic E-state index is 0.192. The number of methoxy groups -OCH3 is 1. The first kappa shape index (κ1) is 19.4. The van der Waals surface area contributed by atoms with E-state index in [1.165, 1.54) is 7.11 Å². The molecule has 0 radical (unpaired) electrons. The lowest BCUT2D eigenvalue weighted by Gasteiger charge is -2.23. The summed E-state index contributed by atoms with van der Waals surface area (Å²) < 4.78 is 17.6. The summed E-state index contributed by atoms with van der Waals surface area (Å²) in [6, 6.07) is 18.7. The Bertz CT molecular complexity index is 721. The van der Waals surface area contributed by atoms with Crippen LogP contribution in [0.4, 0.5) is 0 Å². The average molecular weight is 361 g/mol. The molecule has 0 saturated heterocycles. The molecule has 0 fully saturated rings. The fourth-order valence-corrected chi connectivity index (χ4v) is 4.41. The summed E-state index contributed by atoms with van der Waals surface area (Å²) in [6.07, 6.45) is 0.437. The molecule has 2 aromatic rings. The minimum Gasteiger partial charge on any atom is -0.469 e. The molecule has 134 valence electrons. The molecule has 0 aliphatic heterocycles. The topological polar surface area (TPSA) is 89.6 Å². The summed E-state index contributed by atoms with van der Waals surface area (Å²) in [5, 5.41) is 0. The van der Waals surface area contributed by atoms with Crippen molar-refractivity contribution in [2.24, 2.45) is 11.7 Å². The quantitative estimate of drug-likeness (QED) is 0.557. The number of rotatable bonds is 8. The van der Waals surface area contributed by atoms with Crippen LogP contribution in [0.5, 0.6) is 0 Å².